The van der Waals surface area contributed by atoms with Gasteiger partial charge in [-0.25, -0.2) is 15.0 Å². The van der Waals surface area contributed by atoms with E-state index in [1.54, 1.807) is 0 Å². The van der Waals surface area contributed by atoms with Crippen molar-refractivity contribution in [3.05, 3.63) is 261 Å². The Balaban J connectivity index is 1.03. The van der Waals surface area contributed by atoms with Crippen LogP contribution in [0.3, 0.4) is 0 Å². The van der Waals surface area contributed by atoms with E-state index in [0.717, 1.165) is 83.3 Å². The van der Waals surface area contributed by atoms with Crippen molar-refractivity contribution >= 4 is 87.2 Å². The monoisotopic (exact) mass is 969 g/mol. The Morgan fingerprint density at radius 2 is 0.566 bits per heavy atom. The molecule has 5 aromatic heterocycles. The van der Waals surface area contributed by atoms with Crippen LogP contribution in [0, 0.1) is 0 Å². The summed E-state index contributed by atoms with van der Waals surface area (Å²) in [5.41, 5.74) is 16.3. The van der Waals surface area contributed by atoms with Crippen molar-refractivity contribution < 1.29 is 0 Å². The molecule has 0 aliphatic heterocycles. The van der Waals surface area contributed by atoms with Crippen LogP contribution in [0.15, 0.2) is 261 Å². The minimum Gasteiger partial charge on any atom is -0.309 e. The maximum atomic E-state index is 5.23. The third kappa shape index (κ3) is 6.26. The lowest BCUT2D eigenvalue weighted by atomic mass is 10.1. The Kier molecular flexibility index (Phi) is 9.20. The summed E-state index contributed by atoms with van der Waals surface area (Å²) in [6, 6.07) is 93.4. The Morgan fingerprint density at radius 1 is 0.211 bits per heavy atom. The summed E-state index contributed by atoms with van der Waals surface area (Å²) in [7, 11) is 0. The lowest BCUT2D eigenvalue weighted by molar-refractivity contribution is 1.07. The fraction of sp³-hybridized carbons (Fsp3) is 0. The van der Waals surface area contributed by atoms with Crippen molar-refractivity contribution in [2.75, 3.05) is 0 Å². The first-order chi connectivity index (χ1) is 37.7. The molecule has 0 bridgehead atoms. The molecule has 0 atom stereocenters. The number of hydrogen-bond acceptors (Lipinski definition) is 3. The number of nitrogens with zero attached hydrogens (tertiary/aromatic N) is 7. The number of benzene rings is 11. The topological polar surface area (TPSA) is 58.4 Å². The van der Waals surface area contributed by atoms with Gasteiger partial charge in [0, 0.05) is 82.5 Å². The first-order valence-electron chi connectivity index (χ1n) is 25.8. The molecule has 11 aromatic carbocycles. The van der Waals surface area contributed by atoms with Crippen LogP contribution in [-0.2, 0) is 0 Å². The predicted octanol–water partition coefficient (Wildman–Crippen LogP) is 17.3. The van der Waals surface area contributed by atoms with Gasteiger partial charge in [0.25, 0.3) is 0 Å². The molecule has 5 heterocycles. The lowest BCUT2D eigenvalue weighted by Gasteiger charge is -2.11. The molecule has 7 nitrogen and oxygen atoms in total. The van der Waals surface area contributed by atoms with Gasteiger partial charge in [0.2, 0.25) is 0 Å². The van der Waals surface area contributed by atoms with E-state index in [4.69, 9.17) is 15.0 Å². The Labute approximate surface area is 436 Å². The highest BCUT2D eigenvalue weighted by molar-refractivity contribution is 6.28. The second kappa shape index (κ2) is 16.6. The molecule has 0 unspecified atom stereocenters. The highest BCUT2D eigenvalue weighted by atomic mass is 15.1. The highest BCUT2D eigenvalue weighted by Crippen LogP contribution is 2.46. The molecule has 0 aliphatic rings. The fourth-order valence-electron chi connectivity index (χ4n) is 12.1. The molecule has 0 N–H and O–H groups in total. The first kappa shape index (κ1) is 42.2. The standard InChI is InChI=1S/C69H43N7/c1-6-20-44(21-7-1)67-70-68(45-22-8-2-9-23-45)72-69(71-67)46-34-38-59-55(42-46)63-62(41-37-53-51-30-16-18-32-57(51)75(65(53)63)48-26-12-4-13-27-48)74(59)50-35-39-60-56(43-50)64-61(73(60)47-24-10-3-11-25-47)40-36-54-52-31-17-19-33-58(52)76(66(54)64)49-28-14-5-15-29-49/h1-43H. The second-order valence-electron chi connectivity index (χ2n) is 19.6. The van der Waals surface area contributed by atoms with Crippen molar-refractivity contribution in [1.82, 2.24) is 33.2 Å². The molecule has 0 saturated heterocycles. The van der Waals surface area contributed by atoms with Gasteiger partial charge in [-0.3, -0.25) is 0 Å². The largest absolute Gasteiger partial charge is 0.309 e. The van der Waals surface area contributed by atoms with Crippen LogP contribution in [-0.4, -0.2) is 33.2 Å². The summed E-state index contributed by atoms with van der Waals surface area (Å²) in [5, 5.41) is 9.44. The van der Waals surface area contributed by atoms with E-state index in [1.165, 1.54) is 43.4 Å². The van der Waals surface area contributed by atoms with Crippen molar-refractivity contribution in [1.29, 1.82) is 0 Å². The van der Waals surface area contributed by atoms with E-state index < -0.39 is 0 Å². The average molecular weight is 970 g/mol. The summed E-state index contributed by atoms with van der Waals surface area (Å²) in [4.78, 5) is 15.5. The van der Waals surface area contributed by atoms with E-state index >= 15 is 0 Å². The molecule has 354 valence electrons. The molecule has 0 aliphatic carbocycles. The summed E-state index contributed by atoms with van der Waals surface area (Å²) in [6.45, 7) is 0. The quantitative estimate of drug-likeness (QED) is 0.160. The summed E-state index contributed by atoms with van der Waals surface area (Å²) < 4.78 is 9.81. The average Bonchev–Trinajstić information content (AvgIpc) is 4.26. The van der Waals surface area contributed by atoms with Crippen LogP contribution in [0.5, 0.6) is 0 Å². The molecular weight excluding hydrogens is 927 g/mol. The van der Waals surface area contributed by atoms with Crippen LogP contribution in [0.1, 0.15) is 0 Å². The van der Waals surface area contributed by atoms with Gasteiger partial charge >= 0.3 is 0 Å². The van der Waals surface area contributed by atoms with Gasteiger partial charge in [-0.1, -0.05) is 164 Å². The van der Waals surface area contributed by atoms with Crippen molar-refractivity contribution in [3.8, 4) is 56.9 Å². The molecule has 76 heavy (non-hydrogen) atoms. The molecule has 16 aromatic rings. The third-order valence-electron chi connectivity index (χ3n) is 15.4. The van der Waals surface area contributed by atoms with E-state index in [9.17, 15) is 0 Å². The van der Waals surface area contributed by atoms with Gasteiger partial charge < -0.3 is 18.3 Å². The van der Waals surface area contributed by atoms with Crippen molar-refractivity contribution in [2.45, 2.75) is 0 Å². The van der Waals surface area contributed by atoms with E-state index in [-0.39, 0.29) is 0 Å². The molecule has 0 spiro atoms. The summed E-state index contributed by atoms with van der Waals surface area (Å²) in [6.07, 6.45) is 0. The van der Waals surface area contributed by atoms with Crippen LogP contribution in [0.25, 0.3) is 144 Å². The van der Waals surface area contributed by atoms with Crippen molar-refractivity contribution in [3.63, 3.8) is 0 Å². The zero-order valence-corrected chi connectivity index (χ0v) is 41.0. The molecule has 7 heteroatoms. The Morgan fingerprint density at radius 3 is 1.05 bits per heavy atom. The molecule has 0 radical (unpaired) electrons. The molecule has 0 saturated carbocycles. The normalized spacial score (nSPS) is 11.9. The predicted molar refractivity (Wildman–Crippen MR) is 313 cm³/mol. The molecule has 0 amide bonds. The SMILES string of the molecule is c1ccc(-c2nc(-c3ccccc3)nc(-c3ccc4c(c3)c3c(ccc5c6ccccc6n(-c6ccccc6)c53)n4-c3ccc4c(c3)c3c(ccc5c6ccccc6n(-c6ccccc6)c53)n4-c3ccccc3)n2)cc1. The van der Waals surface area contributed by atoms with Gasteiger partial charge in [-0.15, -0.1) is 0 Å². The van der Waals surface area contributed by atoms with Gasteiger partial charge in [0.1, 0.15) is 0 Å². The number of fused-ring (bicyclic) bond motifs is 14. The summed E-state index contributed by atoms with van der Waals surface area (Å²) in [5.74, 6) is 1.86. The van der Waals surface area contributed by atoms with Gasteiger partial charge in [-0.05, 0) is 97.1 Å². The Bertz CT molecular complexity index is 4900. The van der Waals surface area contributed by atoms with Crippen LogP contribution in [0.4, 0.5) is 0 Å². The van der Waals surface area contributed by atoms with E-state index in [2.05, 4.69) is 243 Å². The number of para-hydroxylation sites is 5. The minimum atomic E-state index is 0.610. The zero-order chi connectivity index (χ0) is 49.8. The lowest BCUT2D eigenvalue weighted by Crippen LogP contribution is -2.00. The highest BCUT2D eigenvalue weighted by Gasteiger charge is 2.25. The van der Waals surface area contributed by atoms with Crippen LogP contribution < -0.4 is 0 Å². The smallest absolute Gasteiger partial charge is 0.164 e. The maximum Gasteiger partial charge on any atom is 0.164 e. The Hall–Kier alpha value is -10.4. The van der Waals surface area contributed by atoms with Gasteiger partial charge in [0.15, 0.2) is 17.5 Å². The maximum absolute atomic E-state index is 5.23. The van der Waals surface area contributed by atoms with Crippen LogP contribution in [0.2, 0.25) is 0 Å². The number of rotatable bonds is 7. The van der Waals surface area contributed by atoms with Crippen LogP contribution >= 0.6 is 0 Å². The first-order valence-corrected chi connectivity index (χ1v) is 25.8. The number of hydrogen-bond donors (Lipinski definition) is 0. The van der Waals surface area contributed by atoms with E-state index in [1.807, 2.05) is 36.4 Å². The molecular formula is C69H43N7. The summed E-state index contributed by atoms with van der Waals surface area (Å²) >= 11 is 0. The molecule has 16 rings (SSSR count). The minimum absolute atomic E-state index is 0.610. The number of aromatic nitrogens is 7. The fourth-order valence-corrected chi connectivity index (χ4v) is 12.1. The van der Waals surface area contributed by atoms with Crippen molar-refractivity contribution in [2.24, 2.45) is 0 Å². The van der Waals surface area contributed by atoms with Gasteiger partial charge in [-0.2, -0.15) is 0 Å². The zero-order valence-electron chi connectivity index (χ0n) is 41.0. The van der Waals surface area contributed by atoms with E-state index in [0.29, 0.717) is 17.5 Å². The third-order valence-corrected chi connectivity index (χ3v) is 15.4. The van der Waals surface area contributed by atoms with Gasteiger partial charge in [0.05, 0.1) is 44.1 Å². The second-order valence-corrected chi connectivity index (χ2v) is 19.6. The molecule has 0 fully saturated rings.